The van der Waals surface area contributed by atoms with E-state index >= 15 is 0 Å². The van der Waals surface area contributed by atoms with Crippen LogP contribution < -0.4 is 15.4 Å². The third kappa shape index (κ3) is 3.34. The molecule has 0 spiro atoms. The van der Waals surface area contributed by atoms with Crippen molar-refractivity contribution < 1.29 is 14.3 Å². The molecule has 140 valence electrons. The lowest BCUT2D eigenvalue weighted by Crippen LogP contribution is -2.31. The number of benzene rings is 3. The van der Waals surface area contributed by atoms with Gasteiger partial charge in [-0.25, -0.2) is 0 Å². The van der Waals surface area contributed by atoms with Gasteiger partial charge in [0.05, 0.1) is 5.92 Å². The highest BCUT2D eigenvalue weighted by Gasteiger charge is 2.32. The summed E-state index contributed by atoms with van der Waals surface area (Å²) in [4.78, 5) is 24.7. The first kappa shape index (κ1) is 17.8. The average molecular weight is 372 g/mol. The molecule has 1 aliphatic rings. The summed E-state index contributed by atoms with van der Waals surface area (Å²) in [6.07, 6.45) is 0. The third-order valence-corrected chi connectivity index (χ3v) is 4.85. The number of ether oxygens (including phenoxy) is 1. The summed E-state index contributed by atoms with van der Waals surface area (Å²) in [5.41, 5.74) is 3.22. The van der Waals surface area contributed by atoms with Gasteiger partial charge in [-0.2, -0.15) is 0 Å². The first-order valence-corrected chi connectivity index (χ1v) is 9.12. The van der Waals surface area contributed by atoms with Gasteiger partial charge in [0.25, 0.3) is 5.91 Å². The zero-order chi connectivity index (χ0) is 19.5. The van der Waals surface area contributed by atoms with Gasteiger partial charge in [-0.15, -0.1) is 0 Å². The van der Waals surface area contributed by atoms with E-state index < -0.39 is 5.92 Å². The molecule has 2 N–H and O–H groups in total. The van der Waals surface area contributed by atoms with Crippen LogP contribution in [0.15, 0.2) is 72.8 Å². The quantitative estimate of drug-likeness (QED) is 0.735. The van der Waals surface area contributed by atoms with E-state index in [0.717, 1.165) is 16.7 Å². The molecule has 28 heavy (non-hydrogen) atoms. The highest BCUT2D eigenvalue weighted by atomic mass is 16.5. The van der Waals surface area contributed by atoms with E-state index in [0.29, 0.717) is 23.6 Å². The Hall–Kier alpha value is -3.60. The highest BCUT2D eigenvalue weighted by molar-refractivity contribution is 5.94. The number of nitrogens with one attached hydrogen (secondary N) is 2. The third-order valence-electron chi connectivity index (χ3n) is 4.85. The summed E-state index contributed by atoms with van der Waals surface area (Å²) in [6, 6.07) is 22.4. The molecule has 3 aromatic rings. The van der Waals surface area contributed by atoms with Crippen LogP contribution in [0.5, 0.6) is 11.5 Å². The summed E-state index contributed by atoms with van der Waals surface area (Å²) >= 11 is 0. The Kier molecular flexibility index (Phi) is 4.81. The van der Waals surface area contributed by atoms with Crippen LogP contribution in [0.25, 0.3) is 0 Å². The monoisotopic (exact) mass is 372 g/mol. The molecule has 0 atom stereocenters. The molecule has 0 saturated heterocycles. The Morgan fingerprint density at radius 1 is 0.857 bits per heavy atom. The summed E-state index contributed by atoms with van der Waals surface area (Å²) in [5, 5.41) is 5.61. The van der Waals surface area contributed by atoms with Crippen LogP contribution in [0.1, 0.15) is 33.0 Å². The number of rotatable bonds is 4. The van der Waals surface area contributed by atoms with Crippen molar-refractivity contribution >= 4 is 11.8 Å². The molecule has 3 aromatic carbocycles. The van der Waals surface area contributed by atoms with E-state index in [2.05, 4.69) is 10.6 Å². The molecule has 0 unspecified atom stereocenters. The molecule has 1 aliphatic heterocycles. The maximum Gasteiger partial charge on any atom is 0.251 e. The fraction of sp³-hybridized carbons (Fsp3) is 0.130. The zero-order valence-electron chi connectivity index (χ0n) is 15.4. The summed E-state index contributed by atoms with van der Waals surface area (Å²) in [5.74, 6) is 0.767. The maximum atomic E-state index is 13.1. The predicted molar refractivity (Wildman–Crippen MR) is 106 cm³/mol. The van der Waals surface area contributed by atoms with Crippen LogP contribution >= 0.6 is 0 Å². The molecule has 5 nitrogen and oxygen atoms in total. The Labute approximate surface area is 163 Å². The molecule has 2 amide bonds. The first-order valence-electron chi connectivity index (χ1n) is 9.12. The van der Waals surface area contributed by atoms with Crippen molar-refractivity contribution in [1.82, 2.24) is 10.6 Å². The minimum absolute atomic E-state index is 0.0847. The van der Waals surface area contributed by atoms with E-state index in [-0.39, 0.29) is 11.8 Å². The maximum absolute atomic E-state index is 13.1. The van der Waals surface area contributed by atoms with E-state index in [4.69, 9.17) is 4.74 Å². The molecule has 0 saturated carbocycles. The second kappa shape index (κ2) is 7.56. The number of hydrogen-bond donors (Lipinski definition) is 2. The van der Waals surface area contributed by atoms with E-state index in [1.165, 1.54) is 0 Å². The summed E-state index contributed by atoms with van der Waals surface area (Å²) in [6.45, 7) is 0.383. The topological polar surface area (TPSA) is 67.4 Å². The molecular formula is C23H20N2O3. The second-order valence-electron chi connectivity index (χ2n) is 6.60. The van der Waals surface area contributed by atoms with Crippen LogP contribution in [-0.2, 0) is 11.3 Å². The van der Waals surface area contributed by atoms with Gasteiger partial charge in [0.15, 0.2) is 0 Å². The van der Waals surface area contributed by atoms with Gasteiger partial charge in [-0.3, -0.25) is 9.59 Å². The van der Waals surface area contributed by atoms with Crippen LogP contribution in [0.3, 0.4) is 0 Å². The Bertz CT molecular complexity index is 983. The molecule has 0 fully saturated rings. The fourth-order valence-electron chi connectivity index (χ4n) is 3.40. The van der Waals surface area contributed by atoms with Crippen molar-refractivity contribution in [3.8, 4) is 11.5 Å². The zero-order valence-corrected chi connectivity index (χ0v) is 15.4. The second-order valence-corrected chi connectivity index (χ2v) is 6.60. The van der Waals surface area contributed by atoms with Crippen LogP contribution in [0.2, 0.25) is 0 Å². The average Bonchev–Trinajstić information content (AvgIpc) is 2.75. The Balaban J connectivity index is 1.55. The Morgan fingerprint density at radius 2 is 1.43 bits per heavy atom. The molecule has 1 heterocycles. The van der Waals surface area contributed by atoms with Crippen LogP contribution in [-0.4, -0.2) is 18.9 Å². The van der Waals surface area contributed by atoms with Crippen LogP contribution in [0, 0.1) is 0 Å². The molecular weight excluding hydrogens is 352 g/mol. The normalized spacial score (nSPS) is 12.3. The van der Waals surface area contributed by atoms with Crippen molar-refractivity contribution in [2.45, 2.75) is 12.5 Å². The lowest BCUT2D eigenvalue weighted by atomic mass is 9.87. The van der Waals surface area contributed by atoms with Crippen molar-refractivity contribution in [2.24, 2.45) is 0 Å². The smallest absolute Gasteiger partial charge is 0.251 e. The lowest BCUT2D eigenvalue weighted by molar-refractivity contribution is -0.122. The van der Waals surface area contributed by atoms with Gasteiger partial charge >= 0.3 is 0 Å². The molecule has 0 radical (unpaired) electrons. The molecule has 0 aromatic heterocycles. The van der Waals surface area contributed by atoms with Gasteiger partial charge in [-0.05, 0) is 29.8 Å². The van der Waals surface area contributed by atoms with Crippen molar-refractivity contribution in [3.63, 3.8) is 0 Å². The predicted octanol–water partition coefficient (Wildman–Crippen LogP) is 3.60. The summed E-state index contributed by atoms with van der Waals surface area (Å²) < 4.78 is 5.95. The van der Waals surface area contributed by atoms with E-state index in [1.54, 1.807) is 19.2 Å². The van der Waals surface area contributed by atoms with Gasteiger partial charge in [0.2, 0.25) is 5.91 Å². The van der Waals surface area contributed by atoms with Gasteiger partial charge < -0.3 is 15.4 Å². The highest BCUT2D eigenvalue weighted by Crippen LogP contribution is 2.43. The minimum Gasteiger partial charge on any atom is -0.457 e. The fourth-order valence-corrected chi connectivity index (χ4v) is 3.40. The van der Waals surface area contributed by atoms with Crippen molar-refractivity contribution in [3.05, 3.63) is 95.1 Å². The lowest BCUT2D eigenvalue weighted by Gasteiger charge is -2.27. The molecule has 0 bridgehead atoms. The number of fused-ring (bicyclic) bond motifs is 2. The van der Waals surface area contributed by atoms with Crippen LogP contribution in [0.4, 0.5) is 0 Å². The van der Waals surface area contributed by atoms with Crippen molar-refractivity contribution in [1.29, 1.82) is 0 Å². The number of carbonyl (C=O) groups excluding carboxylic acids is 2. The number of carbonyl (C=O) groups is 2. The number of para-hydroxylation sites is 2. The van der Waals surface area contributed by atoms with E-state index in [1.807, 2.05) is 60.7 Å². The summed E-state index contributed by atoms with van der Waals surface area (Å²) in [7, 11) is 1.60. The number of hydrogen-bond acceptors (Lipinski definition) is 3. The number of amides is 2. The standard InChI is InChI=1S/C23H20N2O3/c1-24-22(26)16-12-10-15(11-13-16)14-25-23(27)21-17-6-2-4-8-19(17)28-20-9-5-3-7-18(20)21/h2-13,21H,14H2,1H3,(H,24,26)(H,25,27). The SMILES string of the molecule is CNC(=O)c1ccc(CNC(=O)C2c3ccccc3Oc3ccccc32)cc1. The first-order chi connectivity index (χ1) is 13.7. The largest absolute Gasteiger partial charge is 0.457 e. The minimum atomic E-state index is -0.425. The van der Waals surface area contributed by atoms with Gasteiger partial charge in [-0.1, -0.05) is 48.5 Å². The van der Waals surface area contributed by atoms with Crippen molar-refractivity contribution in [2.75, 3.05) is 7.05 Å². The molecule has 4 rings (SSSR count). The van der Waals surface area contributed by atoms with Gasteiger partial charge in [0.1, 0.15) is 11.5 Å². The Morgan fingerprint density at radius 3 is 2.00 bits per heavy atom. The molecule has 5 heteroatoms. The van der Waals surface area contributed by atoms with Gasteiger partial charge in [0, 0.05) is 30.3 Å². The molecule has 0 aliphatic carbocycles. The van der Waals surface area contributed by atoms with E-state index in [9.17, 15) is 9.59 Å².